The number of hydrogen-bond donors (Lipinski definition) is 2. The fourth-order valence-corrected chi connectivity index (χ4v) is 2.10. The number of fused-ring (bicyclic) bond motifs is 1. The van der Waals surface area contributed by atoms with Gasteiger partial charge in [0.2, 0.25) is 0 Å². The summed E-state index contributed by atoms with van der Waals surface area (Å²) in [7, 11) is 0. The summed E-state index contributed by atoms with van der Waals surface area (Å²) in [6.45, 7) is 3.85. The van der Waals surface area contributed by atoms with Crippen LogP contribution in [0, 0.1) is 0 Å². The third-order valence-electron chi connectivity index (χ3n) is 2.89. The summed E-state index contributed by atoms with van der Waals surface area (Å²) in [4.78, 5) is 13.2. The van der Waals surface area contributed by atoms with Crippen molar-refractivity contribution >= 4 is 0 Å². The number of aryl methyl sites for hydroxylation is 1. The Morgan fingerprint density at radius 3 is 3.00 bits per heavy atom. The fourth-order valence-electron chi connectivity index (χ4n) is 2.10. The Morgan fingerprint density at radius 2 is 2.24 bits per heavy atom. The highest BCUT2D eigenvalue weighted by atomic mass is 15.2. The molecular formula is C11H14N6. The summed E-state index contributed by atoms with van der Waals surface area (Å²) in [6.07, 6.45) is 3.54. The van der Waals surface area contributed by atoms with Gasteiger partial charge >= 0.3 is 0 Å². The smallest absolute Gasteiger partial charge is 0.197 e. The molecule has 0 spiro atoms. The maximum Gasteiger partial charge on any atom is 0.197 e. The van der Waals surface area contributed by atoms with E-state index in [0.717, 1.165) is 37.3 Å². The fraction of sp³-hybridized carbons (Fsp3) is 0.455. The number of hydrogen-bond acceptors (Lipinski definition) is 5. The number of aromatic amines is 1. The third kappa shape index (κ3) is 1.80. The van der Waals surface area contributed by atoms with Gasteiger partial charge in [0.25, 0.3) is 0 Å². The van der Waals surface area contributed by atoms with E-state index in [4.69, 9.17) is 0 Å². The molecule has 88 valence electrons. The Labute approximate surface area is 98.9 Å². The molecule has 3 rings (SSSR count). The van der Waals surface area contributed by atoms with Crippen molar-refractivity contribution in [3.05, 3.63) is 23.3 Å². The second kappa shape index (κ2) is 4.21. The topological polar surface area (TPSA) is 79.4 Å². The van der Waals surface area contributed by atoms with Crippen LogP contribution in [0.25, 0.3) is 11.6 Å². The molecule has 3 heterocycles. The van der Waals surface area contributed by atoms with Gasteiger partial charge in [0.05, 0.1) is 5.69 Å². The van der Waals surface area contributed by atoms with Crippen LogP contribution in [-0.2, 0) is 19.5 Å². The summed E-state index contributed by atoms with van der Waals surface area (Å²) in [5, 5.41) is 9.95. The third-order valence-corrected chi connectivity index (χ3v) is 2.89. The number of nitrogens with one attached hydrogen (secondary N) is 2. The van der Waals surface area contributed by atoms with Crippen molar-refractivity contribution in [3.8, 4) is 11.6 Å². The van der Waals surface area contributed by atoms with Crippen LogP contribution in [0.1, 0.15) is 30.3 Å². The molecule has 6 nitrogen and oxygen atoms in total. The molecular weight excluding hydrogens is 216 g/mol. The molecule has 1 aliphatic rings. The average Bonchev–Trinajstić information content (AvgIpc) is 3.00. The lowest BCUT2D eigenvalue weighted by molar-refractivity contribution is 0.753. The zero-order valence-electron chi connectivity index (χ0n) is 9.69. The van der Waals surface area contributed by atoms with Gasteiger partial charge in [-0.2, -0.15) is 5.10 Å². The lowest BCUT2D eigenvalue weighted by Gasteiger charge is -2.07. The van der Waals surface area contributed by atoms with Crippen molar-refractivity contribution in [1.29, 1.82) is 0 Å². The first kappa shape index (κ1) is 10.3. The van der Waals surface area contributed by atoms with E-state index in [9.17, 15) is 0 Å². The van der Waals surface area contributed by atoms with Gasteiger partial charge in [-0.15, -0.1) is 0 Å². The molecule has 2 aromatic rings. The van der Waals surface area contributed by atoms with Gasteiger partial charge in [0.1, 0.15) is 6.33 Å². The van der Waals surface area contributed by atoms with E-state index in [-0.39, 0.29) is 0 Å². The maximum absolute atomic E-state index is 4.59. The van der Waals surface area contributed by atoms with E-state index < -0.39 is 0 Å². The van der Waals surface area contributed by atoms with E-state index in [1.807, 2.05) is 0 Å². The van der Waals surface area contributed by atoms with Gasteiger partial charge in [-0.05, 0) is 6.42 Å². The Hall–Kier alpha value is -1.82. The number of H-pyrrole nitrogens is 1. The molecule has 0 amide bonds. The van der Waals surface area contributed by atoms with Gasteiger partial charge in [-0.3, -0.25) is 5.10 Å². The van der Waals surface area contributed by atoms with Gasteiger partial charge in [0.15, 0.2) is 11.6 Å². The Balaban J connectivity index is 2.09. The van der Waals surface area contributed by atoms with Crippen molar-refractivity contribution in [2.75, 3.05) is 0 Å². The lowest BCUT2D eigenvalue weighted by Crippen LogP contribution is -2.04. The highest BCUT2D eigenvalue weighted by molar-refractivity contribution is 5.45. The molecule has 2 N–H and O–H groups in total. The number of aromatic nitrogens is 5. The van der Waals surface area contributed by atoms with Gasteiger partial charge in [0, 0.05) is 24.3 Å². The zero-order valence-corrected chi connectivity index (χ0v) is 9.69. The monoisotopic (exact) mass is 230 g/mol. The second-order valence-electron chi connectivity index (χ2n) is 4.11. The minimum absolute atomic E-state index is 0.636. The standard InChI is InChI=1S/C11H14N6/c1-2-3-8-7-4-12-5-9(7)16-11(15-8)10-13-6-14-17-10/h6,12H,2-5H2,1H3,(H,13,14,17). The van der Waals surface area contributed by atoms with Crippen LogP contribution in [0.3, 0.4) is 0 Å². The first-order valence-corrected chi connectivity index (χ1v) is 5.83. The van der Waals surface area contributed by atoms with Crippen molar-refractivity contribution in [3.63, 3.8) is 0 Å². The predicted octanol–water partition coefficient (Wildman–Crippen LogP) is 0.817. The predicted molar refractivity (Wildman–Crippen MR) is 61.9 cm³/mol. The number of nitrogens with zero attached hydrogens (tertiary/aromatic N) is 4. The summed E-state index contributed by atoms with van der Waals surface area (Å²) in [5.74, 6) is 1.28. The summed E-state index contributed by atoms with van der Waals surface area (Å²) < 4.78 is 0. The average molecular weight is 230 g/mol. The first-order valence-electron chi connectivity index (χ1n) is 5.83. The van der Waals surface area contributed by atoms with Crippen LogP contribution in [0.2, 0.25) is 0 Å². The molecule has 0 unspecified atom stereocenters. The molecule has 1 aliphatic heterocycles. The first-order chi connectivity index (χ1) is 8.38. The van der Waals surface area contributed by atoms with Gasteiger partial charge < -0.3 is 5.32 Å². The molecule has 0 aliphatic carbocycles. The van der Waals surface area contributed by atoms with Crippen LogP contribution >= 0.6 is 0 Å². The molecule has 0 atom stereocenters. The molecule has 0 fully saturated rings. The summed E-state index contributed by atoms with van der Waals surface area (Å²) >= 11 is 0. The maximum atomic E-state index is 4.59. The van der Waals surface area contributed by atoms with Crippen LogP contribution in [0.4, 0.5) is 0 Å². The molecule has 0 aromatic carbocycles. The van der Waals surface area contributed by atoms with Crippen molar-refractivity contribution in [2.24, 2.45) is 0 Å². The molecule has 0 bridgehead atoms. The Morgan fingerprint density at radius 1 is 1.29 bits per heavy atom. The lowest BCUT2D eigenvalue weighted by atomic mass is 10.1. The SMILES string of the molecule is CCCc1nc(-c2ncn[nH]2)nc2c1CNC2. The van der Waals surface area contributed by atoms with Crippen LogP contribution in [0.15, 0.2) is 6.33 Å². The van der Waals surface area contributed by atoms with Crippen LogP contribution < -0.4 is 5.32 Å². The molecule has 0 radical (unpaired) electrons. The normalized spacial score (nSPS) is 13.9. The summed E-state index contributed by atoms with van der Waals surface area (Å²) in [5.41, 5.74) is 3.49. The molecule has 2 aromatic heterocycles. The van der Waals surface area contributed by atoms with Crippen molar-refractivity contribution in [2.45, 2.75) is 32.9 Å². The highest BCUT2D eigenvalue weighted by Gasteiger charge is 2.19. The highest BCUT2D eigenvalue weighted by Crippen LogP contribution is 2.21. The van der Waals surface area contributed by atoms with E-state index in [1.165, 1.54) is 11.9 Å². The van der Waals surface area contributed by atoms with Crippen LogP contribution in [-0.4, -0.2) is 25.1 Å². The minimum Gasteiger partial charge on any atom is -0.307 e. The van der Waals surface area contributed by atoms with Crippen LogP contribution in [0.5, 0.6) is 0 Å². The van der Waals surface area contributed by atoms with E-state index in [0.29, 0.717) is 11.6 Å². The van der Waals surface area contributed by atoms with E-state index >= 15 is 0 Å². The Kier molecular flexibility index (Phi) is 2.56. The minimum atomic E-state index is 0.636. The zero-order chi connectivity index (χ0) is 11.7. The Bertz CT molecular complexity index is 519. The van der Waals surface area contributed by atoms with Gasteiger partial charge in [-0.1, -0.05) is 13.3 Å². The largest absolute Gasteiger partial charge is 0.307 e. The molecule has 0 saturated heterocycles. The quantitative estimate of drug-likeness (QED) is 0.816. The van der Waals surface area contributed by atoms with Crippen molar-refractivity contribution in [1.82, 2.24) is 30.5 Å². The molecule has 6 heteroatoms. The molecule has 17 heavy (non-hydrogen) atoms. The van der Waals surface area contributed by atoms with E-state index in [1.54, 1.807) is 0 Å². The molecule has 0 saturated carbocycles. The number of rotatable bonds is 3. The summed E-state index contributed by atoms with van der Waals surface area (Å²) in [6, 6.07) is 0. The van der Waals surface area contributed by atoms with E-state index in [2.05, 4.69) is 37.4 Å². The van der Waals surface area contributed by atoms with Gasteiger partial charge in [-0.25, -0.2) is 15.0 Å². The second-order valence-corrected chi connectivity index (χ2v) is 4.11. The van der Waals surface area contributed by atoms with Crippen molar-refractivity contribution < 1.29 is 0 Å².